The molecule has 1 atom stereocenters. The van der Waals surface area contributed by atoms with E-state index in [1.54, 1.807) is 12.1 Å². The van der Waals surface area contributed by atoms with Crippen molar-refractivity contribution in [2.75, 3.05) is 18.5 Å². The van der Waals surface area contributed by atoms with Gasteiger partial charge in [-0.2, -0.15) is 4.98 Å². The van der Waals surface area contributed by atoms with Gasteiger partial charge in [-0.15, -0.1) is 0 Å². The van der Waals surface area contributed by atoms with E-state index < -0.39 is 9.84 Å². The molecule has 1 saturated heterocycles. The second-order valence-corrected chi connectivity index (χ2v) is 9.85. The highest BCUT2D eigenvalue weighted by molar-refractivity contribution is 9.10. The van der Waals surface area contributed by atoms with Gasteiger partial charge < -0.3 is 14.5 Å². The summed E-state index contributed by atoms with van der Waals surface area (Å²) in [7, 11) is -3.90. The van der Waals surface area contributed by atoms with Crippen molar-refractivity contribution in [2.45, 2.75) is 28.9 Å². The molecule has 6 nitrogen and oxygen atoms in total. The van der Waals surface area contributed by atoms with Crippen LogP contribution in [0.3, 0.4) is 0 Å². The van der Waals surface area contributed by atoms with Gasteiger partial charge in [-0.3, -0.25) is 0 Å². The lowest BCUT2D eigenvalue weighted by Crippen LogP contribution is -2.19. The molecule has 0 amide bonds. The topological polar surface area (TPSA) is 81.4 Å². The van der Waals surface area contributed by atoms with Crippen LogP contribution in [0.5, 0.6) is 0 Å². The highest BCUT2D eigenvalue weighted by atomic mass is 79.9. The van der Waals surface area contributed by atoms with Gasteiger partial charge in [-0.1, -0.05) is 27.5 Å². The van der Waals surface area contributed by atoms with Crippen LogP contribution < -0.4 is 5.32 Å². The van der Waals surface area contributed by atoms with Crippen LogP contribution in [0, 0.1) is 0 Å². The fourth-order valence-corrected chi connectivity index (χ4v) is 4.72. The van der Waals surface area contributed by atoms with Crippen molar-refractivity contribution >= 4 is 43.3 Å². The number of sulfone groups is 1. The van der Waals surface area contributed by atoms with Crippen molar-refractivity contribution in [1.29, 1.82) is 0 Å². The summed E-state index contributed by atoms with van der Waals surface area (Å²) in [5, 5.41) is 3.37. The molecule has 3 aromatic rings. The van der Waals surface area contributed by atoms with Gasteiger partial charge in [0.25, 0.3) is 0 Å². The Labute approximate surface area is 182 Å². The van der Waals surface area contributed by atoms with Gasteiger partial charge in [-0.05, 0) is 61.4 Å². The highest BCUT2D eigenvalue weighted by Gasteiger charge is 2.29. The molecule has 9 heteroatoms. The molecule has 1 aromatic heterocycles. The monoisotopic (exact) mass is 496 g/mol. The normalized spacial score (nSPS) is 16.8. The predicted octanol–water partition coefficient (Wildman–Crippen LogP) is 5.18. The Morgan fingerprint density at radius 3 is 2.52 bits per heavy atom. The van der Waals surface area contributed by atoms with Gasteiger partial charge in [0.1, 0.15) is 0 Å². The standard InChI is InChI=1S/C20H18BrClN2O4S/c21-14-5-3-13(4-6-14)18-24-20(19(28-18)23-12-16-2-1-11-27-16)29(25,26)17-9-7-15(22)8-10-17/h3-10,16,23H,1-2,11-12H2. The summed E-state index contributed by atoms with van der Waals surface area (Å²) in [6, 6.07) is 13.3. The molecule has 29 heavy (non-hydrogen) atoms. The molecule has 0 spiro atoms. The molecule has 1 aliphatic rings. The number of aromatic nitrogens is 1. The molecule has 2 aromatic carbocycles. The van der Waals surface area contributed by atoms with Crippen LogP contribution in [0.1, 0.15) is 12.8 Å². The molecule has 0 radical (unpaired) electrons. The van der Waals surface area contributed by atoms with Crippen molar-refractivity contribution in [3.63, 3.8) is 0 Å². The fraction of sp³-hybridized carbons (Fsp3) is 0.250. The minimum absolute atomic E-state index is 0.0160. The Balaban J connectivity index is 1.73. The van der Waals surface area contributed by atoms with E-state index in [0.29, 0.717) is 23.7 Å². The molecule has 4 rings (SSSR count). The first-order valence-electron chi connectivity index (χ1n) is 9.06. The van der Waals surface area contributed by atoms with Crippen LogP contribution >= 0.6 is 27.5 Å². The third-order valence-corrected chi connectivity index (χ3v) is 7.04. The molecule has 2 heterocycles. The molecule has 0 aliphatic carbocycles. The van der Waals surface area contributed by atoms with Crippen LogP contribution in [-0.2, 0) is 14.6 Å². The van der Waals surface area contributed by atoms with Gasteiger partial charge >= 0.3 is 0 Å². The summed E-state index contributed by atoms with van der Waals surface area (Å²) in [5.74, 6) is 0.327. The van der Waals surface area contributed by atoms with Crippen LogP contribution in [0.15, 0.2) is 67.3 Å². The number of rotatable bonds is 6. The van der Waals surface area contributed by atoms with E-state index in [2.05, 4.69) is 26.2 Å². The Morgan fingerprint density at radius 1 is 1.14 bits per heavy atom. The molecule has 0 saturated carbocycles. The average Bonchev–Trinajstić information content (AvgIpc) is 3.37. The van der Waals surface area contributed by atoms with E-state index in [1.165, 1.54) is 24.3 Å². The zero-order chi connectivity index (χ0) is 20.4. The van der Waals surface area contributed by atoms with E-state index in [0.717, 1.165) is 17.3 Å². The maximum atomic E-state index is 13.2. The lowest BCUT2D eigenvalue weighted by Gasteiger charge is -2.10. The first-order chi connectivity index (χ1) is 13.9. The number of halogens is 2. The summed E-state index contributed by atoms with van der Waals surface area (Å²) in [5.41, 5.74) is 0.672. The second kappa shape index (κ2) is 8.47. The Morgan fingerprint density at radius 2 is 1.86 bits per heavy atom. The summed E-state index contributed by atoms with van der Waals surface area (Å²) < 4.78 is 38.8. The van der Waals surface area contributed by atoms with Crippen molar-refractivity contribution in [1.82, 2.24) is 4.98 Å². The van der Waals surface area contributed by atoms with E-state index in [-0.39, 0.29) is 27.8 Å². The number of nitrogens with one attached hydrogen (secondary N) is 1. The summed E-state index contributed by atoms with van der Waals surface area (Å²) in [4.78, 5) is 4.41. The molecule has 152 valence electrons. The SMILES string of the molecule is O=S(=O)(c1ccc(Cl)cc1)c1nc(-c2ccc(Br)cc2)oc1NCC1CCCO1. The maximum Gasteiger partial charge on any atom is 0.233 e. The highest BCUT2D eigenvalue weighted by Crippen LogP contribution is 2.33. The molecule has 1 N–H and O–H groups in total. The van der Waals surface area contributed by atoms with Crippen LogP contribution in [0.25, 0.3) is 11.5 Å². The Hall–Kier alpha value is -1.87. The smallest absolute Gasteiger partial charge is 0.233 e. The summed E-state index contributed by atoms with van der Waals surface area (Å²) in [6.07, 6.45) is 1.92. The van der Waals surface area contributed by atoms with Gasteiger partial charge in [0, 0.05) is 28.2 Å². The van der Waals surface area contributed by atoms with Gasteiger partial charge in [0.15, 0.2) is 0 Å². The van der Waals surface area contributed by atoms with Crippen molar-refractivity contribution in [3.8, 4) is 11.5 Å². The molecule has 1 unspecified atom stereocenters. The minimum atomic E-state index is -3.90. The lowest BCUT2D eigenvalue weighted by atomic mass is 10.2. The van der Waals surface area contributed by atoms with Crippen molar-refractivity contribution < 1.29 is 17.6 Å². The number of anilines is 1. The number of ether oxygens (including phenoxy) is 1. The van der Waals surface area contributed by atoms with E-state index >= 15 is 0 Å². The first-order valence-corrected chi connectivity index (χ1v) is 11.7. The van der Waals surface area contributed by atoms with Gasteiger partial charge in [-0.25, -0.2) is 8.42 Å². The maximum absolute atomic E-state index is 13.2. The molecular weight excluding hydrogens is 480 g/mol. The van der Waals surface area contributed by atoms with Crippen LogP contribution in [0.2, 0.25) is 5.02 Å². The van der Waals surface area contributed by atoms with Crippen molar-refractivity contribution in [2.24, 2.45) is 0 Å². The zero-order valence-electron chi connectivity index (χ0n) is 15.3. The first kappa shape index (κ1) is 20.4. The fourth-order valence-electron chi connectivity index (χ4n) is 3.05. The molecule has 1 aliphatic heterocycles. The largest absolute Gasteiger partial charge is 0.419 e. The van der Waals surface area contributed by atoms with Crippen molar-refractivity contribution in [3.05, 3.63) is 58.0 Å². The Bertz CT molecular complexity index is 1090. The molecule has 1 fully saturated rings. The van der Waals surface area contributed by atoms with Gasteiger partial charge in [0.2, 0.25) is 26.6 Å². The number of nitrogens with zero attached hydrogens (tertiary/aromatic N) is 1. The Kier molecular flexibility index (Phi) is 5.96. The number of oxazole rings is 1. The average molecular weight is 498 g/mol. The quantitative estimate of drug-likeness (QED) is 0.505. The third kappa shape index (κ3) is 4.50. The number of hydrogen-bond acceptors (Lipinski definition) is 6. The number of benzene rings is 2. The van der Waals surface area contributed by atoms with E-state index in [4.69, 9.17) is 20.8 Å². The van der Waals surface area contributed by atoms with Crippen LogP contribution in [0.4, 0.5) is 5.88 Å². The van der Waals surface area contributed by atoms with Gasteiger partial charge in [0.05, 0.1) is 11.0 Å². The second-order valence-electron chi connectivity index (χ2n) is 6.63. The third-order valence-electron chi connectivity index (χ3n) is 4.58. The zero-order valence-corrected chi connectivity index (χ0v) is 18.4. The van der Waals surface area contributed by atoms with E-state index in [1.807, 2.05) is 12.1 Å². The molecule has 0 bridgehead atoms. The van der Waals surface area contributed by atoms with E-state index in [9.17, 15) is 8.42 Å². The van der Waals surface area contributed by atoms with Crippen LogP contribution in [-0.4, -0.2) is 32.7 Å². The summed E-state index contributed by atoms with van der Waals surface area (Å²) in [6.45, 7) is 1.15. The summed E-state index contributed by atoms with van der Waals surface area (Å²) >= 11 is 9.28. The lowest BCUT2D eigenvalue weighted by molar-refractivity contribution is 0.120. The predicted molar refractivity (Wildman–Crippen MR) is 114 cm³/mol. The molecular formula is C20H18BrClN2O4S. The minimum Gasteiger partial charge on any atom is -0.419 e. The number of hydrogen-bond donors (Lipinski definition) is 1.